The summed E-state index contributed by atoms with van der Waals surface area (Å²) in [4.78, 5) is 13.1. The zero-order chi connectivity index (χ0) is 39.5. The zero-order valence-electron chi connectivity index (χ0n) is 33.5. The number of phenolic OH excluding ortho intramolecular Hbond substituents is 1. The van der Waals surface area contributed by atoms with Gasteiger partial charge in [0.1, 0.15) is 52.6 Å². The van der Waals surface area contributed by atoms with Crippen LogP contribution in [0.2, 0.25) is 0 Å². The average Bonchev–Trinajstić information content (AvgIpc) is 3.14. The molecule has 1 aliphatic heterocycles. The van der Waals surface area contributed by atoms with Crippen molar-refractivity contribution in [2.45, 2.75) is 136 Å². The highest BCUT2D eigenvalue weighted by Crippen LogP contribution is 2.37. The molecule has 9 atom stereocenters. The van der Waals surface area contributed by atoms with E-state index in [0.717, 1.165) is 37.5 Å². The van der Waals surface area contributed by atoms with Crippen LogP contribution in [0.3, 0.4) is 0 Å². The van der Waals surface area contributed by atoms with Crippen LogP contribution < -0.4 is 19.6 Å². The van der Waals surface area contributed by atoms with Crippen LogP contribution >= 0.6 is 0 Å². The van der Waals surface area contributed by atoms with Gasteiger partial charge in [-0.1, -0.05) is 86.5 Å². The van der Waals surface area contributed by atoms with E-state index in [9.17, 15) is 25.2 Å². The summed E-state index contributed by atoms with van der Waals surface area (Å²) in [6, 6.07) is 8.92. The Morgan fingerprint density at radius 1 is 0.815 bits per heavy atom. The summed E-state index contributed by atoms with van der Waals surface area (Å²) < 4.78 is 35.2. The minimum atomic E-state index is -1.56. The quantitative estimate of drug-likeness (QED) is 0.0839. The van der Waals surface area contributed by atoms with Crippen LogP contribution in [0.4, 0.5) is 0 Å². The van der Waals surface area contributed by atoms with Gasteiger partial charge in [-0.15, -0.1) is 0 Å². The smallest absolute Gasteiger partial charge is 0.229 e. The molecule has 11 heteroatoms. The lowest BCUT2D eigenvalue weighted by Gasteiger charge is -2.43. The van der Waals surface area contributed by atoms with Crippen LogP contribution in [-0.2, 0) is 9.47 Å². The van der Waals surface area contributed by atoms with Crippen molar-refractivity contribution < 1.29 is 48.5 Å². The van der Waals surface area contributed by atoms with E-state index in [2.05, 4.69) is 41.5 Å². The van der Waals surface area contributed by atoms with Gasteiger partial charge in [0.15, 0.2) is 16.9 Å². The Hall–Kier alpha value is -3.35. The van der Waals surface area contributed by atoms with E-state index in [1.165, 1.54) is 64.5 Å². The molecule has 1 aliphatic rings. The molecule has 11 nitrogen and oxygen atoms in total. The molecule has 0 aliphatic carbocycles. The van der Waals surface area contributed by atoms with Crippen molar-refractivity contribution in [3.63, 3.8) is 0 Å². The minimum absolute atomic E-state index is 0.0105. The number of methoxy groups -OCH3 is 2. The lowest BCUT2D eigenvalue weighted by Crippen LogP contribution is -2.61. The molecular formula is C43H64O11. The number of ether oxygens (including phenoxy) is 5. The van der Waals surface area contributed by atoms with Gasteiger partial charge >= 0.3 is 0 Å². The number of hydrogen-bond acceptors (Lipinski definition) is 11. The molecule has 2 heterocycles. The fourth-order valence-electron chi connectivity index (χ4n) is 7.27. The third-order valence-corrected chi connectivity index (χ3v) is 11.0. The maximum Gasteiger partial charge on any atom is 0.229 e. The Morgan fingerprint density at radius 2 is 1.48 bits per heavy atom. The van der Waals surface area contributed by atoms with E-state index in [4.69, 9.17) is 28.1 Å². The fourth-order valence-corrected chi connectivity index (χ4v) is 7.27. The van der Waals surface area contributed by atoms with E-state index in [1.54, 1.807) is 18.2 Å². The van der Waals surface area contributed by atoms with Crippen molar-refractivity contribution in [2.24, 2.45) is 23.7 Å². The fraction of sp³-hybridized carbons (Fsp3) is 0.651. The Balaban J connectivity index is 1.42. The topological polar surface area (TPSA) is 157 Å². The number of aliphatic hydroxyl groups excluding tert-OH is 3. The van der Waals surface area contributed by atoms with Crippen LogP contribution in [0.25, 0.3) is 22.3 Å². The van der Waals surface area contributed by atoms with Gasteiger partial charge in [-0.3, -0.25) is 4.79 Å². The second-order valence-corrected chi connectivity index (χ2v) is 15.8. The first-order chi connectivity index (χ1) is 25.8. The molecular weight excluding hydrogens is 692 g/mol. The summed E-state index contributed by atoms with van der Waals surface area (Å²) in [5.41, 5.74) is 0.0723. The predicted octanol–water partition coefficient (Wildman–Crippen LogP) is 7.85. The van der Waals surface area contributed by atoms with Gasteiger partial charge in [0.25, 0.3) is 0 Å². The molecule has 0 spiro atoms. The number of hydrogen-bond donors (Lipinski definition) is 4. The highest BCUT2D eigenvalue weighted by Gasteiger charge is 2.47. The summed E-state index contributed by atoms with van der Waals surface area (Å²) in [6.07, 6.45) is 3.45. The van der Waals surface area contributed by atoms with E-state index in [1.807, 2.05) is 0 Å². The molecule has 0 amide bonds. The van der Waals surface area contributed by atoms with Crippen molar-refractivity contribution in [2.75, 3.05) is 20.8 Å². The molecule has 1 saturated heterocycles. The highest BCUT2D eigenvalue weighted by molar-refractivity contribution is 5.86. The van der Waals surface area contributed by atoms with Crippen molar-refractivity contribution in [3.8, 4) is 34.3 Å². The van der Waals surface area contributed by atoms with Gasteiger partial charge in [-0.05, 0) is 54.7 Å². The maximum absolute atomic E-state index is 13.1. The van der Waals surface area contributed by atoms with Crippen LogP contribution in [0.15, 0.2) is 45.6 Å². The molecule has 3 aromatic rings. The molecule has 8 unspecified atom stereocenters. The third kappa shape index (κ3) is 11.4. The van der Waals surface area contributed by atoms with Crippen LogP contribution in [0.5, 0.6) is 23.0 Å². The third-order valence-electron chi connectivity index (χ3n) is 11.0. The minimum Gasteiger partial charge on any atom is -0.507 e. The van der Waals surface area contributed by atoms with Crippen molar-refractivity contribution in [1.82, 2.24) is 0 Å². The molecule has 4 rings (SSSR count). The van der Waals surface area contributed by atoms with Crippen molar-refractivity contribution >= 4 is 11.0 Å². The number of fused-ring (bicyclic) bond motifs is 1. The second-order valence-electron chi connectivity index (χ2n) is 15.8. The van der Waals surface area contributed by atoms with E-state index < -0.39 is 48.5 Å². The largest absolute Gasteiger partial charge is 0.507 e. The monoisotopic (exact) mass is 756 g/mol. The van der Waals surface area contributed by atoms with Gasteiger partial charge in [0, 0.05) is 23.8 Å². The number of aliphatic hydroxyl groups is 3. The van der Waals surface area contributed by atoms with Gasteiger partial charge in [0.2, 0.25) is 6.29 Å². The first kappa shape index (κ1) is 43.4. The molecule has 0 saturated carbocycles. The Bertz CT molecular complexity index is 1650. The molecule has 4 N–H and O–H groups in total. The average molecular weight is 757 g/mol. The molecule has 2 aromatic carbocycles. The molecule has 1 fully saturated rings. The van der Waals surface area contributed by atoms with Crippen LogP contribution in [0, 0.1) is 23.7 Å². The van der Waals surface area contributed by atoms with E-state index >= 15 is 0 Å². The van der Waals surface area contributed by atoms with E-state index in [-0.39, 0.29) is 34.5 Å². The number of phenols is 1. The summed E-state index contributed by atoms with van der Waals surface area (Å²) in [5.74, 6) is 2.96. The lowest BCUT2D eigenvalue weighted by atomic mass is 9.89. The first-order valence-electron chi connectivity index (χ1n) is 19.8. The molecule has 1 aromatic heterocycles. The van der Waals surface area contributed by atoms with Gasteiger partial charge in [-0.25, -0.2) is 0 Å². The zero-order valence-corrected chi connectivity index (χ0v) is 33.5. The van der Waals surface area contributed by atoms with E-state index in [0.29, 0.717) is 23.0 Å². The van der Waals surface area contributed by atoms with Crippen LogP contribution in [0.1, 0.15) is 99.3 Å². The predicted molar refractivity (Wildman–Crippen MR) is 209 cm³/mol. The van der Waals surface area contributed by atoms with Gasteiger partial charge in [0.05, 0.1) is 26.9 Å². The van der Waals surface area contributed by atoms with Crippen LogP contribution in [-0.4, -0.2) is 78.1 Å². The first-order valence-corrected chi connectivity index (χ1v) is 19.8. The Kier molecular flexibility index (Phi) is 16.5. The number of benzene rings is 2. The van der Waals surface area contributed by atoms with Crippen molar-refractivity contribution in [1.29, 1.82) is 0 Å². The van der Waals surface area contributed by atoms with Crippen molar-refractivity contribution in [3.05, 3.63) is 46.6 Å². The van der Waals surface area contributed by atoms with Gasteiger partial charge < -0.3 is 48.5 Å². The second kappa shape index (κ2) is 20.5. The molecule has 0 bridgehead atoms. The highest BCUT2D eigenvalue weighted by atomic mass is 16.7. The maximum atomic E-state index is 13.1. The SMILES string of the molecule is CCC(C)[C@H](CCC(C)CCCC(C)CCCC(C)C)OC1C(CO)OC(Oc2cc(O)c3c(=O)cc(-c4ccc(OC)c(OC)c4)oc3c2)C(O)C1O. The summed E-state index contributed by atoms with van der Waals surface area (Å²) >= 11 is 0. The standard InChI is InChI=1S/C43H64O11/c1-9-28(6)33(18-16-27(5)15-11-14-26(4)13-10-12-25(2)3)53-42-38(24-44)54-43(41(48)40(42)47)51-30-21-31(45)39-32(46)23-35(52-37(39)22-30)29-17-19-34(49-7)36(20-29)50-8/h17,19-23,25-28,33,38,40-45,47-48H,9-16,18,24H2,1-8H3/t26?,27?,28?,33-,38?,40?,41?,42?,43?/m0/s1. The Morgan fingerprint density at radius 3 is 2.11 bits per heavy atom. The Labute approximate surface area is 320 Å². The normalized spacial score (nSPS) is 22.6. The lowest BCUT2D eigenvalue weighted by molar-refractivity contribution is -0.294. The summed E-state index contributed by atoms with van der Waals surface area (Å²) in [5, 5.41) is 43.7. The molecule has 0 radical (unpaired) electrons. The summed E-state index contributed by atoms with van der Waals surface area (Å²) in [6.45, 7) is 12.9. The molecule has 302 valence electrons. The number of aromatic hydroxyl groups is 1. The van der Waals surface area contributed by atoms with Gasteiger partial charge in [-0.2, -0.15) is 0 Å². The summed E-state index contributed by atoms with van der Waals surface area (Å²) in [7, 11) is 3.02. The number of rotatable bonds is 21. The molecule has 54 heavy (non-hydrogen) atoms.